The topological polar surface area (TPSA) is 66.6 Å². The Balaban J connectivity index is 2.17. The summed E-state index contributed by atoms with van der Waals surface area (Å²) >= 11 is 0. The van der Waals surface area contributed by atoms with E-state index >= 15 is 0 Å². The lowest BCUT2D eigenvalue weighted by molar-refractivity contribution is 0.196. The third-order valence-electron chi connectivity index (χ3n) is 4.29. The molecule has 0 spiro atoms. The lowest BCUT2D eigenvalue weighted by atomic mass is 10.1. The van der Waals surface area contributed by atoms with Crippen LogP contribution in [-0.4, -0.2) is 50.8 Å². The van der Waals surface area contributed by atoms with Gasteiger partial charge in [0.1, 0.15) is 0 Å². The van der Waals surface area contributed by atoms with Crippen LogP contribution in [-0.2, 0) is 16.4 Å². The monoisotopic (exact) mass is 311 g/mol. The molecule has 2 rings (SSSR count). The van der Waals surface area contributed by atoms with Crippen LogP contribution in [0.3, 0.4) is 0 Å². The summed E-state index contributed by atoms with van der Waals surface area (Å²) in [6, 6.07) is 5.53. The number of piperidine rings is 1. The second kappa shape index (κ2) is 6.34. The van der Waals surface area contributed by atoms with Gasteiger partial charge in [0.15, 0.2) is 0 Å². The Kier molecular flexibility index (Phi) is 4.91. The van der Waals surface area contributed by atoms with Gasteiger partial charge in [0.2, 0.25) is 10.0 Å². The van der Waals surface area contributed by atoms with Gasteiger partial charge in [-0.15, -0.1) is 0 Å². The fraction of sp³-hybridized carbons (Fsp3) is 0.600. The SMILES string of the molecule is CCc1ccc(S(=O)(=O)N2CCC(N(C)C)CC2)cc1N. The molecule has 1 aromatic carbocycles. The molecule has 0 radical (unpaired) electrons. The second-order valence-electron chi connectivity index (χ2n) is 5.81. The van der Waals surface area contributed by atoms with Gasteiger partial charge in [0, 0.05) is 24.8 Å². The van der Waals surface area contributed by atoms with E-state index in [1.165, 1.54) is 0 Å². The zero-order valence-electron chi connectivity index (χ0n) is 13.0. The van der Waals surface area contributed by atoms with Crippen molar-refractivity contribution in [1.82, 2.24) is 9.21 Å². The van der Waals surface area contributed by atoms with Crippen molar-refractivity contribution in [2.75, 3.05) is 32.9 Å². The van der Waals surface area contributed by atoms with Crippen molar-refractivity contribution in [3.8, 4) is 0 Å². The molecule has 0 aliphatic carbocycles. The molecule has 1 aromatic rings. The van der Waals surface area contributed by atoms with Crippen molar-refractivity contribution in [3.63, 3.8) is 0 Å². The Morgan fingerprint density at radius 1 is 1.29 bits per heavy atom. The predicted octanol–water partition coefficient (Wildman–Crippen LogP) is 1.55. The maximum Gasteiger partial charge on any atom is 0.243 e. The van der Waals surface area contributed by atoms with Gasteiger partial charge in [0.05, 0.1) is 4.90 Å². The van der Waals surface area contributed by atoms with Gasteiger partial charge >= 0.3 is 0 Å². The molecule has 1 aliphatic heterocycles. The van der Waals surface area contributed by atoms with Crippen molar-refractivity contribution in [3.05, 3.63) is 23.8 Å². The number of nitrogens with two attached hydrogens (primary N) is 1. The summed E-state index contributed by atoms with van der Waals surface area (Å²) in [5, 5.41) is 0. The number of rotatable bonds is 4. The summed E-state index contributed by atoms with van der Waals surface area (Å²) in [4.78, 5) is 2.47. The Labute approximate surface area is 127 Å². The van der Waals surface area contributed by atoms with Crippen molar-refractivity contribution in [2.45, 2.75) is 37.1 Å². The molecule has 0 atom stereocenters. The molecule has 6 heteroatoms. The van der Waals surface area contributed by atoms with E-state index in [9.17, 15) is 8.42 Å². The Morgan fingerprint density at radius 3 is 2.38 bits per heavy atom. The van der Waals surface area contributed by atoms with E-state index in [0.29, 0.717) is 29.7 Å². The van der Waals surface area contributed by atoms with Crippen LogP contribution in [0, 0.1) is 0 Å². The Morgan fingerprint density at radius 2 is 1.90 bits per heavy atom. The summed E-state index contributed by atoms with van der Waals surface area (Å²) in [6.45, 7) is 3.15. The van der Waals surface area contributed by atoms with E-state index in [0.717, 1.165) is 24.8 Å². The van der Waals surface area contributed by atoms with Crippen molar-refractivity contribution < 1.29 is 8.42 Å². The molecule has 1 aliphatic rings. The Hall–Kier alpha value is -1.11. The van der Waals surface area contributed by atoms with Gasteiger partial charge in [-0.1, -0.05) is 13.0 Å². The van der Waals surface area contributed by atoms with Crippen LogP contribution in [0.25, 0.3) is 0 Å². The Bertz CT molecular complexity index is 591. The third kappa shape index (κ3) is 3.39. The molecule has 21 heavy (non-hydrogen) atoms. The van der Waals surface area contributed by atoms with Crippen LogP contribution in [0.15, 0.2) is 23.1 Å². The first-order valence-electron chi connectivity index (χ1n) is 7.41. The van der Waals surface area contributed by atoms with Crippen LogP contribution >= 0.6 is 0 Å². The molecule has 2 N–H and O–H groups in total. The largest absolute Gasteiger partial charge is 0.398 e. The second-order valence-corrected chi connectivity index (χ2v) is 7.75. The van der Waals surface area contributed by atoms with Crippen LogP contribution in [0.2, 0.25) is 0 Å². The van der Waals surface area contributed by atoms with E-state index < -0.39 is 10.0 Å². The normalized spacial score (nSPS) is 18.3. The molecule has 1 fully saturated rings. The van der Waals surface area contributed by atoms with E-state index in [-0.39, 0.29) is 0 Å². The number of aryl methyl sites for hydroxylation is 1. The summed E-state index contributed by atoms with van der Waals surface area (Å²) in [5.74, 6) is 0. The smallest absolute Gasteiger partial charge is 0.243 e. The molecule has 0 aromatic heterocycles. The zero-order valence-corrected chi connectivity index (χ0v) is 13.9. The minimum absolute atomic E-state index is 0.306. The molecule has 5 nitrogen and oxygen atoms in total. The minimum atomic E-state index is -3.42. The number of anilines is 1. The van der Waals surface area contributed by atoms with E-state index in [2.05, 4.69) is 4.90 Å². The van der Waals surface area contributed by atoms with E-state index in [1.54, 1.807) is 16.4 Å². The van der Waals surface area contributed by atoms with Gasteiger partial charge in [-0.2, -0.15) is 4.31 Å². The standard InChI is InChI=1S/C15H25N3O2S/c1-4-12-5-6-14(11-15(12)16)21(19,20)18-9-7-13(8-10-18)17(2)3/h5-6,11,13H,4,7-10,16H2,1-3H3. The van der Waals surface area contributed by atoms with Crippen molar-refractivity contribution >= 4 is 15.7 Å². The number of nitrogens with zero attached hydrogens (tertiary/aromatic N) is 2. The highest BCUT2D eigenvalue weighted by atomic mass is 32.2. The molecule has 118 valence electrons. The molecular weight excluding hydrogens is 286 g/mol. The molecule has 1 heterocycles. The molecule has 0 amide bonds. The van der Waals surface area contributed by atoms with Crippen molar-refractivity contribution in [1.29, 1.82) is 0 Å². The summed E-state index contributed by atoms with van der Waals surface area (Å²) in [6.07, 6.45) is 2.55. The predicted molar refractivity (Wildman–Crippen MR) is 85.7 cm³/mol. The maximum atomic E-state index is 12.7. The number of hydrogen-bond donors (Lipinski definition) is 1. The lowest BCUT2D eigenvalue weighted by Crippen LogP contribution is -2.44. The first-order chi connectivity index (χ1) is 9.86. The maximum absolute atomic E-state index is 12.7. The van der Waals surface area contributed by atoms with Crippen LogP contribution < -0.4 is 5.73 Å². The van der Waals surface area contributed by atoms with Gasteiger partial charge in [0.25, 0.3) is 0 Å². The molecular formula is C15H25N3O2S. The van der Waals surface area contributed by atoms with Gasteiger partial charge in [-0.25, -0.2) is 8.42 Å². The van der Waals surface area contributed by atoms with E-state index in [4.69, 9.17) is 5.73 Å². The lowest BCUT2D eigenvalue weighted by Gasteiger charge is -2.34. The van der Waals surface area contributed by atoms with Crippen LogP contribution in [0.5, 0.6) is 0 Å². The average Bonchev–Trinajstić information content (AvgIpc) is 2.47. The van der Waals surface area contributed by atoms with Crippen LogP contribution in [0.4, 0.5) is 5.69 Å². The average molecular weight is 311 g/mol. The highest BCUT2D eigenvalue weighted by Gasteiger charge is 2.30. The zero-order chi connectivity index (χ0) is 15.6. The molecule has 1 saturated heterocycles. The van der Waals surface area contributed by atoms with Crippen molar-refractivity contribution in [2.24, 2.45) is 0 Å². The van der Waals surface area contributed by atoms with Gasteiger partial charge < -0.3 is 10.6 Å². The van der Waals surface area contributed by atoms with Gasteiger partial charge in [-0.05, 0) is 51.1 Å². The number of nitrogen functional groups attached to an aromatic ring is 1. The number of benzene rings is 1. The summed E-state index contributed by atoms with van der Waals surface area (Å²) in [5.41, 5.74) is 7.47. The fourth-order valence-electron chi connectivity index (χ4n) is 2.80. The molecule has 0 unspecified atom stereocenters. The number of sulfonamides is 1. The fourth-order valence-corrected chi connectivity index (χ4v) is 4.31. The van der Waals surface area contributed by atoms with Crippen LogP contribution in [0.1, 0.15) is 25.3 Å². The summed E-state index contributed by atoms with van der Waals surface area (Å²) in [7, 11) is 0.658. The van der Waals surface area contributed by atoms with Gasteiger partial charge in [-0.3, -0.25) is 0 Å². The quantitative estimate of drug-likeness (QED) is 0.857. The molecule has 0 saturated carbocycles. The van der Waals surface area contributed by atoms with E-state index in [1.807, 2.05) is 27.1 Å². The minimum Gasteiger partial charge on any atom is -0.398 e. The summed E-state index contributed by atoms with van der Waals surface area (Å²) < 4.78 is 26.9. The highest BCUT2D eigenvalue weighted by molar-refractivity contribution is 7.89. The first kappa shape index (κ1) is 16.3. The highest BCUT2D eigenvalue weighted by Crippen LogP contribution is 2.25. The number of hydrogen-bond acceptors (Lipinski definition) is 4. The first-order valence-corrected chi connectivity index (χ1v) is 8.85. The third-order valence-corrected chi connectivity index (χ3v) is 6.18. The molecule has 0 bridgehead atoms.